The second-order valence-corrected chi connectivity index (χ2v) is 6.80. The average molecular weight is 294 g/mol. The van der Waals surface area contributed by atoms with Crippen molar-refractivity contribution in [1.82, 2.24) is 15.6 Å². The second-order valence-electron chi connectivity index (χ2n) is 6.80. The summed E-state index contributed by atoms with van der Waals surface area (Å²) >= 11 is 0. The van der Waals surface area contributed by atoms with Crippen LogP contribution in [-0.2, 0) is 14.4 Å². The summed E-state index contributed by atoms with van der Waals surface area (Å²) in [5.74, 6) is -0.418. The Morgan fingerprint density at radius 2 is 2.10 bits per heavy atom. The summed E-state index contributed by atoms with van der Waals surface area (Å²) in [6.45, 7) is 7.43. The summed E-state index contributed by atoms with van der Waals surface area (Å²) in [5, 5.41) is 6.58. The second kappa shape index (κ2) is 5.83. The highest BCUT2D eigenvalue weighted by molar-refractivity contribution is 6.39. The number of carbonyl (C=O) groups excluding carboxylic acids is 3. The summed E-state index contributed by atoms with van der Waals surface area (Å²) < 4.78 is 0. The minimum Gasteiger partial charge on any atom is -0.346 e. The van der Waals surface area contributed by atoms with Crippen molar-refractivity contribution in [2.45, 2.75) is 46.1 Å². The molecule has 7 heteroatoms. The van der Waals surface area contributed by atoms with Crippen LogP contribution in [0.3, 0.4) is 0 Å². The van der Waals surface area contributed by atoms with Crippen molar-refractivity contribution in [1.29, 1.82) is 0 Å². The van der Waals surface area contributed by atoms with E-state index in [1.54, 1.807) is 4.90 Å². The largest absolute Gasteiger partial charge is 0.346 e. The molecule has 0 saturated carbocycles. The zero-order chi connectivity index (χ0) is 15.6. The molecule has 1 fully saturated rings. The third-order valence-electron chi connectivity index (χ3n) is 3.38. The van der Waals surface area contributed by atoms with Crippen molar-refractivity contribution >= 4 is 23.4 Å². The Kier molecular flexibility index (Phi) is 4.29. The lowest BCUT2D eigenvalue weighted by Crippen LogP contribution is -2.43. The van der Waals surface area contributed by atoms with Gasteiger partial charge in [0.25, 0.3) is 5.91 Å². The summed E-state index contributed by atoms with van der Waals surface area (Å²) in [6, 6.07) is -0.187. The molecule has 2 N–H and O–H groups in total. The third-order valence-corrected chi connectivity index (χ3v) is 3.38. The van der Waals surface area contributed by atoms with E-state index in [9.17, 15) is 14.4 Å². The van der Waals surface area contributed by atoms with Crippen LogP contribution in [0.4, 0.5) is 0 Å². The first kappa shape index (κ1) is 15.5. The summed E-state index contributed by atoms with van der Waals surface area (Å²) in [6.07, 6.45) is 0.928. The molecule has 0 aromatic heterocycles. The van der Waals surface area contributed by atoms with Crippen molar-refractivity contribution in [2.75, 3.05) is 13.1 Å². The lowest BCUT2D eigenvalue weighted by molar-refractivity contribution is -0.128. The van der Waals surface area contributed by atoms with E-state index in [1.807, 2.05) is 0 Å². The quantitative estimate of drug-likeness (QED) is 0.768. The van der Waals surface area contributed by atoms with Gasteiger partial charge in [0.1, 0.15) is 5.71 Å². The molecule has 0 bridgehead atoms. The van der Waals surface area contributed by atoms with Crippen LogP contribution < -0.4 is 10.7 Å². The maximum Gasteiger partial charge on any atom is 0.267 e. The number of likely N-dealkylation sites (tertiary alicyclic amines) is 1. The van der Waals surface area contributed by atoms with Gasteiger partial charge in [-0.05, 0) is 5.41 Å². The number of amides is 3. The smallest absolute Gasteiger partial charge is 0.267 e. The zero-order valence-electron chi connectivity index (χ0n) is 12.7. The van der Waals surface area contributed by atoms with Gasteiger partial charge < -0.3 is 10.2 Å². The van der Waals surface area contributed by atoms with Gasteiger partial charge in [0.15, 0.2) is 0 Å². The molecule has 0 aromatic rings. The molecular weight excluding hydrogens is 272 g/mol. The fourth-order valence-electron chi connectivity index (χ4n) is 2.50. The maximum absolute atomic E-state index is 12.0. The topological polar surface area (TPSA) is 90.9 Å². The predicted octanol–water partition coefficient (Wildman–Crippen LogP) is 0.0156. The van der Waals surface area contributed by atoms with Gasteiger partial charge in [-0.2, -0.15) is 5.10 Å². The highest BCUT2D eigenvalue weighted by Gasteiger charge is 2.33. The Morgan fingerprint density at radius 3 is 2.67 bits per heavy atom. The minimum absolute atomic E-state index is 0.0340. The Balaban J connectivity index is 1.88. The van der Waals surface area contributed by atoms with Gasteiger partial charge in [0.2, 0.25) is 11.8 Å². The van der Waals surface area contributed by atoms with E-state index in [4.69, 9.17) is 0 Å². The van der Waals surface area contributed by atoms with E-state index in [-0.39, 0.29) is 35.6 Å². The first-order valence-corrected chi connectivity index (χ1v) is 7.19. The van der Waals surface area contributed by atoms with E-state index in [1.165, 1.54) is 0 Å². The van der Waals surface area contributed by atoms with E-state index in [0.29, 0.717) is 31.6 Å². The molecule has 3 amide bonds. The monoisotopic (exact) mass is 294 g/mol. The molecule has 7 nitrogen and oxygen atoms in total. The molecule has 2 heterocycles. The van der Waals surface area contributed by atoms with Gasteiger partial charge in [0, 0.05) is 32.4 Å². The molecule has 116 valence electrons. The number of nitrogens with zero attached hydrogens (tertiary/aromatic N) is 2. The Labute approximate surface area is 124 Å². The molecule has 1 atom stereocenters. The minimum atomic E-state index is -0.301. The van der Waals surface area contributed by atoms with Crippen LogP contribution in [0.15, 0.2) is 5.10 Å². The van der Waals surface area contributed by atoms with Crippen molar-refractivity contribution < 1.29 is 14.4 Å². The van der Waals surface area contributed by atoms with Crippen LogP contribution in [-0.4, -0.2) is 47.5 Å². The van der Waals surface area contributed by atoms with Crippen LogP contribution in [0.1, 0.15) is 40.0 Å². The molecule has 2 aliphatic rings. The molecule has 0 spiro atoms. The molecule has 1 saturated heterocycles. The van der Waals surface area contributed by atoms with Crippen molar-refractivity contribution in [2.24, 2.45) is 10.5 Å². The standard InChI is InChI=1S/C14H22N4O3/c1-14(2,3)8-18-7-9(6-12(18)20)15-13(21)10-4-5-11(19)17-16-10/h9H,4-8H2,1-3H3,(H,15,21)(H,17,19). The number of carbonyl (C=O) groups is 3. The lowest BCUT2D eigenvalue weighted by Gasteiger charge is -2.26. The average Bonchev–Trinajstić information content (AvgIpc) is 2.68. The fraction of sp³-hybridized carbons (Fsp3) is 0.714. The van der Waals surface area contributed by atoms with Crippen LogP contribution in [0.25, 0.3) is 0 Å². The van der Waals surface area contributed by atoms with E-state index >= 15 is 0 Å². The summed E-state index contributed by atoms with van der Waals surface area (Å²) in [4.78, 5) is 36.8. The van der Waals surface area contributed by atoms with Crippen LogP contribution >= 0.6 is 0 Å². The number of rotatable bonds is 3. The fourth-order valence-corrected chi connectivity index (χ4v) is 2.50. The molecule has 0 radical (unpaired) electrons. The van der Waals surface area contributed by atoms with Gasteiger partial charge in [-0.3, -0.25) is 14.4 Å². The van der Waals surface area contributed by atoms with E-state index in [2.05, 4.69) is 36.6 Å². The highest BCUT2D eigenvalue weighted by Crippen LogP contribution is 2.20. The van der Waals surface area contributed by atoms with E-state index < -0.39 is 0 Å². The Hall–Kier alpha value is -1.92. The molecule has 2 aliphatic heterocycles. The van der Waals surface area contributed by atoms with Crippen LogP contribution in [0, 0.1) is 5.41 Å². The number of hydrogen-bond acceptors (Lipinski definition) is 4. The van der Waals surface area contributed by atoms with Crippen molar-refractivity contribution in [3.63, 3.8) is 0 Å². The lowest BCUT2D eigenvalue weighted by atomic mass is 9.96. The number of hydrogen-bond donors (Lipinski definition) is 2. The van der Waals surface area contributed by atoms with Gasteiger partial charge >= 0.3 is 0 Å². The van der Waals surface area contributed by atoms with Crippen molar-refractivity contribution in [3.05, 3.63) is 0 Å². The molecule has 2 rings (SSSR count). The van der Waals surface area contributed by atoms with Gasteiger partial charge in [-0.25, -0.2) is 5.43 Å². The van der Waals surface area contributed by atoms with Crippen molar-refractivity contribution in [3.8, 4) is 0 Å². The molecule has 21 heavy (non-hydrogen) atoms. The van der Waals surface area contributed by atoms with Gasteiger partial charge in [-0.15, -0.1) is 0 Å². The van der Waals surface area contributed by atoms with Gasteiger partial charge in [-0.1, -0.05) is 20.8 Å². The van der Waals surface area contributed by atoms with Gasteiger partial charge in [0.05, 0.1) is 6.04 Å². The van der Waals surface area contributed by atoms with Crippen LogP contribution in [0.2, 0.25) is 0 Å². The Morgan fingerprint density at radius 1 is 1.38 bits per heavy atom. The first-order chi connectivity index (χ1) is 9.74. The molecule has 0 aliphatic carbocycles. The first-order valence-electron chi connectivity index (χ1n) is 7.19. The number of hydrazone groups is 1. The molecule has 1 unspecified atom stereocenters. The Bertz CT molecular complexity index is 493. The zero-order valence-corrected chi connectivity index (χ0v) is 12.7. The molecular formula is C14H22N4O3. The van der Waals surface area contributed by atoms with E-state index in [0.717, 1.165) is 0 Å². The highest BCUT2D eigenvalue weighted by atomic mass is 16.2. The maximum atomic E-state index is 12.0. The van der Waals surface area contributed by atoms with Crippen LogP contribution in [0.5, 0.6) is 0 Å². The number of nitrogens with one attached hydrogen (secondary N) is 2. The normalized spacial score (nSPS) is 22.9. The summed E-state index contributed by atoms with van der Waals surface area (Å²) in [7, 11) is 0. The predicted molar refractivity (Wildman–Crippen MR) is 77.4 cm³/mol. The third kappa shape index (κ3) is 4.27. The SMILES string of the molecule is CC(C)(C)CN1CC(NC(=O)C2=NNC(=O)CC2)CC1=O. The molecule has 0 aromatic carbocycles. The summed E-state index contributed by atoms with van der Waals surface area (Å²) in [5.41, 5.74) is 2.65.